The molecular formula is C17H11ClN2O. The highest BCUT2D eigenvalue weighted by Gasteiger charge is 2.11. The third-order valence-electron chi connectivity index (χ3n) is 3.36. The Morgan fingerprint density at radius 3 is 2.76 bits per heavy atom. The van der Waals surface area contributed by atoms with Crippen LogP contribution in [0.5, 0.6) is 5.75 Å². The molecule has 0 aliphatic carbocycles. The van der Waals surface area contributed by atoms with Gasteiger partial charge < -0.3 is 4.74 Å². The Balaban J connectivity index is 2.34. The highest BCUT2D eigenvalue weighted by atomic mass is 35.5. The summed E-state index contributed by atoms with van der Waals surface area (Å²) in [4.78, 5) is 4.31. The van der Waals surface area contributed by atoms with Crippen molar-refractivity contribution in [2.24, 2.45) is 0 Å². The van der Waals surface area contributed by atoms with E-state index >= 15 is 0 Å². The maximum absolute atomic E-state index is 9.20. The van der Waals surface area contributed by atoms with Gasteiger partial charge in [-0.1, -0.05) is 23.7 Å². The van der Waals surface area contributed by atoms with Crippen LogP contribution in [-0.4, -0.2) is 12.1 Å². The van der Waals surface area contributed by atoms with E-state index < -0.39 is 0 Å². The minimum Gasteiger partial charge on any atom is -0.497 e. The summed E-state index contributed by atoms with van der Waals surface area (Å²) in [5.41, 5.74) is 3.02. The number of pyridine rings is 1. The van der Waals surface area contributed by atoms with Crippen LogP contribution in [0.4, 0.5) is 0 Å². The quantitative estimate of drug-likeness (QED) is 0.702. The maximum Gasteiger partial charge on any atom is 0.119 e. The first-order valence-electron chi connectivity index (χ1n) is 6.36. The van der Waals surface area contributed by atoms with Crippen LogP contribution in [0.3, 0.4) is 0 Å². The van der Waals surface area contributed by atoms with Crippen molar-refractivity contribution in [3.05, 3.63) is 59.2 Å². The van der Waals surface area contributed by atoms with E-state index in [1.165, 1.54) is 0 Å². The van der Waals surface area contributed by atoms with Gasteiger partial charge in [0.2, 0.25) is 0 Å². The monoisotopic (exact) mass is 294 g/mol. The molecule has 0 fully saturated rings. The number of aromatic nitrogens is 1. The first kappa shape index (κ1) is 13.4. The molecule has 1 heterocycles. The fourth-order valence-corrected chi connectivity index (χ4v) is 2.56. The van der Waals surface area contributed by atoms with Gasteiger partial charge in [0.25, 0.3) is 0 Å². The Kier molecular flexibility index (Phi) is 3.47. The second-order valence-corrected chi connectivity index (χ2v) is 4.93. The van der Waals surface area contributed by atoms with E-state index in [9.17, 15) is 5.26 Å². The summed E-state index contributed by atoms with van der Waals surface area (Å²) in [7, 11) is 1.62. The molecule has 0 atom stereocenters. The highest BCUT2D eigenvalue weighted by molar-refractivity contribution is 6.33. The van der Waals surface area contributed by atoms with Gasteiger partial charge >= 0.3 is 0 Å². The topological polar surface area (TPSA) is 45.9 Å². The Labute approximate surface area is 127 Å². The van der Waals surface area contributed by atoms with Crippen LogP contribution < -0.4 is 4.74 Å². The van der Waals surface area contributed by atoms with Crippen molar-refractivity contribution in [2.45, 2.75) is 0 Å². The predicted molar refractivity (Wildman–Crippen MR) is 83.5 cm³/mol. The molecule has 3 aromatic rings. The third-order valence-corrected chi connectivity index (χ3v) is 3.68. The molecule has 0 aliphatic heterocycles. The standard InChI is InChI=1S/C17H11ClN2O/c1-21-12-5-6-16(18)15(9-12)13-7-8-20-17-11(10-19)3-2-4-14(13)17/h2-9H,1H3. The summed E-state index contributed by atoms with van der Waals surface area (Å²) in [6.45, 7) is 0. The van der Waals surface area contributed by atoms with Crippen LogP contribution >= 0.6 is 11.6 Å². The van der Waals surface area contributed by atoms with Crippen LogP contribution in [0.1, 0.15) is 5.56 Å². The van der Waals surface area contributed by atoms with Crippen molar-refractivity contribution < 1.29 is 4.74 Å². The molecule has 0 spiro atoms. The second kappa shape index (κ2) is 5.43. The number of ether oxygens (including phenoxy) is 1. The van der Waals surface area contributed by atoms with Gasteiger partial charge in [0.05, 0.1) is 18.2 Å². The normalized spacial score (nSPS) is 10.3. The van der Waals surface area contributed by atoms with E-state index in [0.29, 0.717) is 16.1 Å². The molecule has 3 nitrogen and oxygen atoms in total. The largest absolute Gasteiger partial charge is 0.497 e. The molecule has 0 amide bonds. The van der Waals surface area contributed by atoms with Gasteiger partial charge in [-0.05, 0) is 35.9 Å². The lowest BCUT2D eigenvalue weighted by molar-refractivity contribution is 0.415. The van der Waals surface area contributed by atoms with Gasteiger partial charge in [0, 0.05) is 22.2 Å². The number of fused-ring (bicyclic) bond motifs is 1. The van der Waals surface area contributed by atoms with Crippen molar-refractivity contribution in [1.82, 2.24) is 4.98 Å². The van der Waals surface area contributed by atoms with Crippen LogP contribution in [0, 0.1) is 11.3 Å². The van der Waals surface area contributed by atoms with Gasteiger partial charge in [-0.3, -0.25) is 4.98 Å². The number of rotatable bonds is 2. The van der Waals surface area contributed by atoms with Crippen LogP contribution in [-0.2, 0) is 0 Å². The molecule has 3 rings (SSSR count). The van der Waals surface area contributed by atoms with E-state index in [1.807, 2.05) is 30.3 Å². The minimum atomic E-state index is 0.549. The molecule has 0 N–H and O–H groups in total. The molecule has 0 unspecified atom stereocenters. The zero-order valence-corrected chi connectivity index (χ0v) is 12.1. The summed E-state index contributed by atoms with van der Waals surface area (Å²) in [6, 6.07) is 15.1. The summed E-state index contributed by atoms with van der Waals surface area (Å²) in [5.74, 6) is 0.732. The summed E-state index contributed by atoms with van der Waals surface area (Å²) < 4.78 is 5.26. The second-order valence-electron chi connectivity index (χ2n) is 4.52. The van der Waals surface area contributed by atoms with Crippen LogP contribution in [0.15, 0.2) is 48.7 Å². The fraction of sp³-hybridized carbons (Fsp3) is 0.0588. The van der Waals surface area contributed by atoms with Gasteiger partial charge in [0.1, 0.15) is 11.8 Å². The Morgan fingerprint density at radius 1 is 1.14 bits per heavy atom. The number of nitrogens with zero attached hydrogens (tertiary/aromatic N) is 2. The van der Waals surface area contributed by atoms with Crippen molar-refractivity contribution in [1.29, 1.82) is 5.26 Å². The lowest BCUT2D eigenvalue weighted by Crippen LogP contribution is -1.90. The van der Waals surface area contributed by atoms with Gasteiger partial charge in [-0.15, -0.1) is 0 Å². The molecule has 0 saturated heterocycles. The van der Waals surface area contributed by atoms with Crippen molar-refractivity contribution in [3.63, 3.8) is 0 Å². The van der Waals surface area contributed by atoms with E-state index in [-0.39, 0.29) is 0 Å². The minimum absolute atomic E-state index is 0.549. The van der Waals surface area contributed by atoms with Crippen LogP contribution in [0.2, 0.25) is 5.02 Å². The van der Waals surface area contributed by atoms with Gasteiger partial charge in [-0.2, -0.15) is 5.26 Å². The first-order valence-corrected chi connectivity index (χ1v) is 6.74. The number of hydrogen-bond donors (Lipinski definition) is 0. The lowest BCUT2D eigenvalue weighted by atomic mass is 9.99. The summed E-state index contributed by atoms with van der Waals surface area (Å²) in [5, 5.41) is 10.7. The molecule has 21 heavy (non-hydrogen) atoms. The zero-order chi connectivity index (χ0) is 14.8. The van der Waals surface area contributed by atoms with Gasteiger partial charge in [-0.25, -0.2) is 0 Å². The average molecular weight is 295 g/mol. The molecule has 0 aliphatic rings. The van der Waals surface area contributed by atoms with E-state index in [4.69, 9.17) is 16.3 Å². The van der Waals surface area contributed by atoms with Crippen molar-refractivity contribution in [3.8, 4) is 22.9 Å². The Hall–Kier alpha value is -2.57. The molecule has 0 bridgehead atoms. The molecule has 1 aromatic heterocycles. The zero-order valence-electron chi connectivity index (χ0n) is 11.3. The summed E-state index contributed by atoms with van der Waals surface area (Å²) in [6.07, 6.45) is 1.69. The number of methoxy groups -OCH3 is 1. The number of para-hydroxylation sites is 1. The van der Waals surface area contributed by atoms with E-state index in [0.717, 1.165) is 22.3 Å². The number of hydrogen-bond acceptors (Lipinski definition) is 3. The van der Waals surface area contributed by atoms with E-state index in [1.54, 1.807) is 25.4 Å². The lowest BCUT2D eigenvalue weighted by Gasteiger charge is -2.10. The summed E-state index contributed by atoms with van der Waals surface area (Å²) >= 11 is 6.32. The Morgan fingerprint density at radius 2 is 2.00 bits per heavy atom. The maximum atomic E-state index is 9.20. The van der Waals surface area contributed by atoms with Gasteiger partial charge in [0.15, 0.2) is 0 Å². The highest BCUT2D eigenvalue weighted by Crippen LogP contribution is 2.35. The van der Waals surface area contributed by atoms with Crippen molar-refractivity contribution >= 4 is 22.5 Å². The smallest absolute Gasteiger partial charge is 0.119 e. The third kappa shape index (κ3) is 2.31. The fourth-order valence-electron chi connectivity index (χ4n) is 2.34. The van der Waals surface area contributed by atoms with Crippen LogP contribution in [0.25, 0.3) is 22.0 Å². The number of nitriles is 1. The molecule has 2 aromatic carbocycles. The average Bonchev–Trinajstić information content (AvgIpc) is 2.54. The SMILES string of the molecule is COc1ccc(Cl)c(-c2ccnc3c(C#N)cccc23)c1. The van der Waals surface area contributed by atoms with Crippen molar-refractivity contribution in [2.75, 3.05) is 7.11 Å². The predicted octanol–water partition coefficient (Wildman–Crippen LogP) is 4.44. The number of benzene rings is 2. The molecular weight excluding hydrogens is 284 g/mol. The number of halogens is 1. The Bertz CT molecular complexity index is 868. The molecule has 0 saturated carbocycles. The van der Waals surface area contributed by atoms with E-state index in [2.05, 4.69) is 11.1 Å². The molecule has 102 valence electrons. The first-order chi connectivity index (χ1) is 10.2. The molecule has 4 heteroatoms. The molecule has 0 radical (unpaired) electrons.